The highest BCUT2D eigenvalue weighted by Gasteiger charge is 2.17. The Hall–Kier alpha value is -1.55. The number of likely N-dealkylation sites (tertiary alicyclic amines) is 1. The van der Waals surface area contributed by atoms with E-state index in [0.717, 1.165) is 30.0 Å². The normalized spacial score (nSPS) is 16.9. The molecule has 0 atom stereocenters. The summed E-state index contributed by atoms with van der Waals surface area (Å²) < 4.78 is 0. The smallest absolute Gasteiger partial charge is 0.251 e. The van der Waals surface area contributed by atoms with E-state index in [1.807, 2.05) is 19.9 Å². The van der Waals surface area contributed by atoms with E-state index in [4.69, 9.17) is 5.73 Å². The Kier molecular flexibility index (Phi) is 5.23. The van der Waals surface area contributed by atoms with Crippen LogP contribution in [0.25, 0.3) is 0 Å². The van der Waals surface area contributed by atoms with Gasteiger partial charge in [-0.05, 0) is 76.4 Å². The Morgan fingerprint density at radius 2 is 1.95 bits per heavy atom. The molecule has 1 aromatic carbocycles. The van der Waals surface area contributed by atoms with Crippen molar-refractivity contribution in [3.63, 3.8) is 0 Å². The molecule has 2 rings (SSSR count). The molecule has 0 bridgehead atoms. The van der Waals surface area contributed by atoms with E-state index in [1.54, 1.807) is 6.07 Å². The molecule has 116 valence electrons. The van der Waals surface area contributed by atoms with Crippen molar-refractivity contribution in [2.45, 2.75) is 33.1 Å². The van der Waals surface area contributed by atoms with Crippen molar-refractivity contribution in [3.05, 3.63) is 28.8 Å². The van der Waals surface area contributed by atoms with Crippen LogP contribution in [0.1, 0.15) is 40.7 Å². The summed E-state index contributed by atoms with van der Waals surface area (Å²) in [6.45, 7) is 7.02. The largest absolute Gasteiger partial charge is 0.398 e. The van der Waals surface area contributed by atoms with Crippen molar-refractivity contribution in [2.24, 2.45) is 5.92 Å². The lowest BCUT2D eigenvalue weighted by Gasteiger charge is -2.28. The first-order valence-corrected chi connectivity index (χ1v) is 7.81. The molecule has 0 spiro atoms. The molecule has 0 radical (unpaired) electrons. The van der Waals surface area contributed by atoms with E-state index in [-0.39, 0.29) is 5.91 Å². The van der Waals surface area contributed by atoms with Crippen LogP contribution in [0.3, 0.4) is 0 Å². The molecular formula is C17H27N3O. The van der Waals surface area contributed by atoms with Crippen molar-refractivity contribution < 1.29 is 4.79 Å². The number of nitrogens with one attached hydrogen (secondary N) is 1. The molecule has 0 aliphatic carbocycles. The van der Waals surface area contributed by atoms with Gasteiger partial charge in [0.15, 0.2) is 0 Å². The predicted molar refractivity (Wildman–Crippen MR) is 87.5 cm³/mol. The fourth-order valence-corrected chi connectivity index (χ4v) is 2.95. The number of nitrogen functional groups attached to an aromatic ring is 1. The maximum Gasteiger partial charge on any atom is 0.251 e. The van der Waals surface area contributed by atoms with Gasteiger partial charge in [0.1, 0.15) is 0 Å². The second kappa shape index (κ2) is 6.94. The molecule has 0 aromatic heterocycles. The van der Waals surface area contributed by atoms with Crippen molar-refractivity contribution in [1.82, 2.24) is 10.2 Å². The summed E-state index contributed by atoms with van der Waals surface area (Å²) in [6.07, 6.45) is 3.55. The van der Waals surface area contributed by atoms with Crippen LogP contribution >= 0.6 is 0 Å². The topological polar surface area (TPSA) is 58.4 Å². The molecule has 1 amide bonds. The molecular weight excluding hydrogens is 262 g/mol. The molecule has 3 N–H and O–H groups in total. The molecule has 21 heavy (non-hydrogen) atoms. The highest BCUT2D eigenvalue weighted by atomic mass is 16.1. The highest BCUT2D eigenvalue weighted by molar-refractivity contribution is 5.96. The number of hydrogen-bond donors (Lipinski definition) is 2. The summed E-state index contributed by atoms with van der Waals surface area (Å²) in [5.74, 6) is 0.734. The van der Waals surface area contributed by atoms with Gasteiger partial charge in [-0.3, -0.25) is 4.79 Å². The number of hydrogen-bond acceptors (Lipinski definition) is 3. The van der Waals surface area contributed by atoms with Gasteiger partial charge in [-0.15, -0.1) is 0 Å². The molecule has 0 saturated carbocycles. The fourth-order valence-electron chi connectivity index (χ4n) is 2.95. The van der Waals surface area contributed by atoms with E-state index in [1.165, 1.54) is 25.9 Å². The van der Waals surface area contributed by atoms with Gasteiger partial charge in [-0.1, -0.05) is 6.07 Å². The lowest BCUT2D eigenvalue weighted by Crippen LogP contribution is -2.32. The lowest BCUT2D eigenvalue weighted by atomic mass is 9.94. The van der Waals surface area contributed by atoms with Gasteiger partial charge >= 0.3 is 0 Å². The summed E-state index contributed by atoms with van der Waals surface area (Å²) in [6, 6.07) is 3.76. The molecule has 1 fully saturated rings. The van der Waals surface area contributed by atoms with E-state index in [0.29, 0.717) is 11.3 Å². The Morgan fingerprint density at radius 1 is 1.29 bits per heavy atom. The molecule has 1 saturated heterocycles. The van der Waals surface area contributed by atoms with Crippen LogP contribution in [0.4, 0.5) is 5.69 Å². The zero-order valence-corrected chi connectivity index (χ0v) is 13.4. The number of anilines is 1. The van der Waals surface area contributed by atoms with Crippen LogP contribution in [-0.4, -0.2) is 37.5 Å². The maximum atomic E-state index is 12.2. The van der Waals surface area contributed by atoms with Crippen LogP contribution in [-0.2, 0) is 0 Å². The molecule has 4 heteroatoms. The van der Waals surface area contributed by atoms with Gasteiger partial charge in [-0.25, -0.2) is 0 Å². The van der Waals surface area contributed by atoms with Crippen molar-refractivity contribution >= 4 is 11.6 Å². The number of piperidine rings is 1. The van der Waals surface area contributed by atoms with Crippen LogP contribution in [0.5, 0.6) is 0 Å². The first-order chi connectivity index (χ1) is 9.97. The van der Waals surface area contributed by atoms with Gasteiger partial charge in [0.25, 0.3) is 5.91 Å². The third-order valence-corrected chi connectivity index (χ3v) is 4.53. The van der Waals surface area contributed by atoms with Gasteiger partial charge in [0, 0.05) is 17.8 Å². The highest BCUT2D eigenvalue weighted by Crippen LogP contribution is 2.20. The zero-order valence-electron chi connectivity index (χ0n) is 13.4. The summed E-state index contributed by atoms with van der Waals surface area (Å²) in [4.78, 5) is 14.6. The Bertz CT molecular complexity index is 505. The third kappa shape index (κ3) is 4.21. The first kappa shape index (κ1) is 15.8. The molecule has 1 heterocycles. The van der Waals surface area contributed by atoms with Crippen LogP contribution in [0.15, 0.2) is 12.1 Å². The summed E-state index contributed by atoms with van der Waals surface area (Å²) in [7, 11) is 2.17. The summed E-state index contributed by atoms with van der Waals surface area (Å²) >= 11 is 0. The van der Waals surface area contributed by atoms with Crippen LogP contribution < -0.4 is 11.1 Å². The second-order valence-corrected chi connectivity index (χ2v) is 6.31. The fraction of sp³-hybridized carbons (Fsp3) is 0.588. The van der Waals surface area contributed by atoms with E-state index in [2.05, 4.69) is 17.3 Å². The molecule has 4 nitrogen and oxygen atoms in total. The van der Waals surface area contributed by atoms with E-state index in [9.17, 15) is 4.79 Å². The van der Waals surface area contributed by atoms with Crippen molar-refractivity contribution in [2.75, 3.05) is 32.4 Å². The summed E-state index contributed by atoms with van der Waals surface area (Å²) in [5.41, 5.74) is 9.29. The van der Waals surface area contributed by atoms with Gasteiger partial charge in [-0.2, -0.15) is 0 Å². The van der Waals surface area contributed by atoms with Crippen molar-refractivity contribution in [1.29, 1.82) is 0 Å². The second-order valence-electron chi connectivity index (χ2n) is 6.31. The zero-order chi connectivity index (χ0) is 15.4. The third-order valence-electron chi connectivity index (χ3n) is 4.53. The monoisotopic (exact) mass is 289 g/mol. The van der Waals surface area contributed by atoms with Crippen LogP contribution in [0.2, 0.25) is 0 Å². The minimum Gasteiger partial charge on any atom is -0.398 e. The van der Waals surface area contributed by atoms with Crippen molar-refractivity contribution in [3.8, 4) is 0 Å². The number of nitrogens with two attached hydrogens (primary N) is 1. The number of rotatable bonds is 4. The number of benzene rings is 1. The SMILES string of the molecule is Cc1cc(C)c(C(=O)NCCC2CCN(C)CC2)cc1N. The number of aryl methyl sites for hydroxylation is 2. The number of carbonyl (C=O) groups excluding carboxylic acids is 1. The Labute approximate surface area is 127 Å². The average Bonchev–Trinajstić information content (AvgIpc) is 2.45. The average molecular weight is 289 g/mol. The molecule has 0 unspecified atom stereocenters. The Morgan fingerprint density at radius 3 is 2.62 bits per heavy atom. The minimum absolute atomic E-state index is 0.00729. The van der Waals surface area contributed by atoms with Gasteiger partial charge in [0.2, 0.25) is 0 Å². The predicted octanol–water partition coefficient (Wildman–Crippen LogP) is 2.35. The Balaban J connectivity index is 1.83. The quantitative estimate of drug-likeness (QED) is 0.837. The number of carbonyl (C=O) groups is 1. The van der Waals surface area contributed by atoms with Crippen LogP contribution in [0, 0.1) is 19.8 Å². The number of nitrogens with zero attached hydrogens (tertiary/aromatic N) is 1. The standard InChI is InChI=1S/C17H27N3O/c1-12-10-13(2)16(18)11-15(12)17(21)19-7-4-14-5-8-20(3)9-6-14/h10-11,14H,4-9,18H2,1-3H3,(H,19,21). The molecule has 1 aliphatic heterocycles. The number of amides is 1. The minimum atomic E-state index is -0.00729. The lowest BCUT2D eigenvalue weighted by molar-refractivity contribution is 0.0948. The van der Waals surface area contributed by atoms with E-state index < -0.39 is 0 Å². The summed E-state index contributed by atoms with van der Waals surface area (Å²) in [5, 5.41) is 3.04. The maximum absolute atomic E-state index is 12.2. The van der Waals surface area contributed by atoms with E-state index >= 15 is 0 Å². The van der Waals surface area contributed by atoms with Gasteiger partial charge in [0.05, 0.1) is 0 Å². The van der Waals surface area contributed by atoms with Gasteiger partial charge < -0.3 is 16.0 Å². The molecule has 1 aromatic rings. The first-order valence-electron chi connectivity index (χ1n) is 7.81. The molecule has 1 aliphatic rings.